The lowest BCUT2D eigenvalue weighted by Crippen LogP contribution is -2.80. The minimum atomic E-state index is -0.569. The zero-order valence-electron chi connectivity index (χ0n) is 17.7. The second-order valence-corrected chi connectivity index (χ2v) is 10.6. The molecule has 2 N–H and O–H groups in total. The van der Waals surface area contributed by atoms with Crippen LogP contribution in [0.1, 0.15) is 46.0 Å². The van der Waals surface area contributed by atoms with Crippen LogP contribution >= 0.6 is 0 Å². The molecule has 4 saturated carbocycles. The van der Waals surface area contributed by atoms with Gasteiger partial charge in [0.05, 0.1) is 11.7 Å². The smallest absolute Gasteiger partial charge is 0.268 e. The summed E-state index contributed by atoms with van der Waals surface area (Å²) in [4.78, 5) is 25.8. The van der Waals surface area contributed by atoms with E-state index in [1.54, 1.807) is 0 Å². The minimum Gasteiger partial charge on any atom is -0.369 e. The SMILES string of the molecule is CC1(C)C(=O)N(C2[C@@H]3CC4C[C@H]2CC(C(N)=O)(C4)C3)N1c1cccc2ccccc12. The molecule has 0 aromatic heterocycles. The Morgan fingerprint density at radius 3 is 2.37 bits per heavy atom. The van der Waals surface area contributed by atoms with Crippen molar-refractivity contribution in [1.82, 2.24) is 5.01 Å². The predicted octanol–water partition coefficient (Wildman–Crippen LogP) is 3.86. The standard InChI is InChI=1S/C25H29N3O2/c1-24(2)23(30)27(28(24)20-9-5-7-16-6-3-4-8-19(16)20)21-17-10-15-11-18(21)14-25(12-15,13-17)22(26)29/h3-9,15,17-18,21H,10-14H2,1-2H3,(H2,26,29)/t15?,17-,18+,21?,25?. The van der Waals surface area contributed by atoms with E-state index in [0.29, 0.717) is 17.8 Å². The number of hydrogen-bond acceptors (Lipinski definition) is 3. The maximum Gasteiger partial charge on any atom is 0.268 e. The summed E-state index contributed by atoms with van der Waals surface area (Å²) >= 11 is 0. The van der Waals surface area contributed by atoms with E-state index < -0.39 is 5.54 Å². The van der Waals surface area contributed by atoms with Crippen LogP contribution in [0.15, 0.2) is 42.5 Å². The number of nitrogens with zero attached hydrogens (tertiary/aromatic N) is 2. The summed E-state index contributed by atoms with van der Waals surface area (Å²) in [5.41, 5.74) is 6.07. The number of nitrogens with two attached hydrogens (primary N) is 1. The number of carbonyl (C=O) groups excluding carboxylic acids is 2. The molecule has 0 radical (unpaired) electrons. The number of benzene rings is 2. The fraction of sp³-hybridized carbons (Fsp3) is 0.520. The van der Waals surface area contributed by atoms with Gasteiger partial charge >= 0.3 is 0 Å². The molecule has 2 aromatic carbocycles. The van der Waals surface area contributed by atoms with E-state index in [9.17, 15) is 9.59 Å². The summed E-state index contributed by atoms with van der Waals surface area (Å²) in [7, 11) is 0. The van der Waals surface area contributed by atoms with Crippen LogP contribution < -0.4 is 10.7 Å². The van der Waals surface area contributed by atoms with Crippen LogP contribution in [0.4, 0.5) is 5.69 Å². The van der Waals surface area contributed by atoms with Crippen LogP contribution in [0.2, 0.25) is 0 Å². The lowest BCUT2D eigenvalue weighted by atomic mass is 9.47. The highest BCUT2D eigenvalue weighted by molar-refractivity contribution is 6.03. The van der Waals surface area contributed by atoms with E-state index in [1.165, 1.54) is 10.8 Å². The molecule has 0 spiro atoms. The maximum absolute atomic E-state index is 13.4. The molecular formula is C25H29N3O2. The van der Waals surface area contributed by atoms with Gasteiger partial charge < -0.3 is 5.73 Å². The van der Waals surface area contributed by atoms with Crippen molar-refractivity contribution < 1.29 is 9.59 Å². The Balaban J connectivity index is 1.42. The van der Waals surface area contributed by atoms with Crippen molar-refractivity contribution in [2.24, 2.45) is 28.9 Å². The number of anilines is 1. The first-order valence-corrected chi connectivity index (χ1v) is 11.2. The van der Waals surface area contributed by atoms with E-state index in [-0.39, 0.29) is 23.3 Å². The lowest BCUT2D eigenvalue weighted by Gasteiger charge is -2.67. The Hall–Kier alpha value is -2.56. The average molecular weight is 404 g/mol. The Morgan fingerprint density at radius 1 is 1.00 bits per heavy atom. The average Bonchev–Trinajstić information content (AvgIpc) is 2.71. The number of amides is 2. The van der Waals surface area contributed by atoms with Crippen LogP contribution in [0.25, 0.3) is 10.8 Å². The van der Waals surface area contributed by atoms with Gasteiger partial charge in [-0.3, -0.25) is 14.6 Å². The quantitative estimate of drug-likeness (QED) is 0.846. The molecule has 4 bridgehead atoms. The Bertz CT molecular complexity index is 1060. The topological polar surface area (TPSA) is 66.6 Å². The molecule has 156 valence electrons. The van der Waals surface area contributed by atoms with Crippen LogP contribution in [-0.2, 0) is 9.59 Å². The normalized spacial score (nSPS) is 36.3. The molecule has 4 aliphatic carbocycles. The summed E-state index contributed by atoms with van der Waals surface area (Å²) in [6, 6.07) is 14.9. The van der Waals surface area contributed by atoms with Gasteiger partial charge in [-0.2, -0.15) is 0 Å². The second kappa shape index (κ2) is 5.77. The fourth-order valence-corrected chi connectivity index (χ4v) is 7.46. The van der Waals surface area contributed by atoms with E-state index in [2.05, 4.69) is 52.5 Å². The Kier molecular flexibility index (Phi) is 3.51. The van der Waals surface area contributed by atoms with Crippen molar-refractivity contribution in [3.63, 3.8) is 0 Å². The highest BCUT2D eigenvalue weighted by Gasteiger charge is 2.65. The zero-order valence-corrected chi connectivity index (χ0v) is 17.7. The third-order valence-corrected chi connectivity index (χ3v) is 8.50. The van der Waals surface area contributed by atoms with Crippen molar-refractivity contribution in [2.75, 3.05) is 5.01 Å². The number of hydrogen-bond donors (Lipinski definition) is 1. The summed E-state index contributed by atoms with van der Waals surface area (Å²) < 4.78 is 0. The van der Waals surface area contributed by atoms with Gasteiger partial charge in [0.15, 0.2) is 0 Å². The monoisotopic (exact) mass is 403 g/mol. The van der Waals surface area contributed by atoms with Crippen LogP contribution in [-0.4, -0.2) is 28.4 Å². The molecule has 5 heteroatoms. The first-order chi connectivity index (χ1) is 14.3. The Labute approximate surface area is 177 Å². The van der Waals surface area contributed by atoms with Gasteiger partial charge in [0, 0.05) is 10.8 Å². The third kappa shape index (κ3) is 2.18. The van der Waals surface area contributed by atoms with Crippen molar-refractivity contribution in [3.05, 3.63) is 42.5 Å². The molecule has 5 atom stereocenters. The molecule has 2 aromatic rings. The molecule has 2 amide bonds. The summed E-state index contributed by atoms with van der Waals surface area (Å²) in [6.07, 6.45) is 4.86. The number of fused-ring (bicyclic) bond motifs is 1. The lowest BCUT2D eigenvalue weighted by molar-refractivity contribution is -0.179. The van der Waals surface area contributed by atoms with E-state index >= 15 is 0 Å². The number of hydrazine groups is 1. The molecule has 5 nitrogen and oxygen atoms in total. The van der Waals surface area contributed by atoms with E-state index in [0.717, 1.165) is 37.8 Å². The van der Waals surface area contributed by atoms with Gasteiger partial charge in [0.25, 0.3) is 5.91 Å². The van der Waals surface area contributed by atoms with Crippen molar-refractivity contribution in [2.45, 2.75) is 57.5 Å². The van der Waals surface area contributed by atoms with Gasteiger partial charge in [-0.05, 0) is 75.2 Å². The minimum absolute atomic E-state index is 0.124. The van der Waals surface area contributed by atoms with Crippen LogP contribution in [0.5, 0.6) is 0 Å². The third-order valence-electron chi connectivity index (χ3n) is 8.50. The predicted molar refractivity (Wildman–Crippen MR) is 116 cm³/mol. The highest BCUT2D eigenvalue weighted by Crippen LogP contribution is 2.62. The van der Waals surface area contributed by atoms with Crippen LogP contribution in [0, 0.1) is 23.2 Å². The fourth-order valence-electron chi connectivity index (χ4n) is 7.46. The second-order valence-electron chi connectivity index (χ2n) is 10.6. The zero-order chi connectivity index (χ0) is 20.8. The molecule has 1 saturated heterocycles. The number of rotatable bonds is 3. The van der Waals surface area contributed by atoms with Gasteiger partial charge in [-0.1, -0.05) is 36.4 Å². The van der Waals surface area contributed by atoms with Gasteiger partial charge in [0.2, 0.25) is 5.91 Å². The molecule has 5 aliphatic rings. The molecule has 3 unspecified atom stereocenters. The van der Waals surface area contributed by atoms with Crippen LogP contribution in [0.3, 0.4) is 0 Å². The summed E-state index contributed by atoms with van der Waals surface area (Å²) in [6.45, 7) is 4.04. The highest BCUT2D eigenvalue weighted by atomic mass is 16.2. The molecule has 7 rings (SSSR count). The molecule has 5 fully saturated rings. The number of carbonyl (C=O) groups is 2. The van der Waals surface area contributed by atoms with Gasteiger partial charge in [0.1, 0.15) is 5.54 Å². The number of primary amides is 1. The summed E-state index contributed by atoms with van der Waals surface area (Å²) in [5.74, 6) is 1.38. The first-order valence-electron chi connectivity index (χ1n) is 11.2. The first kappa shape index (κ1) is 18.2. The van der Waals surface area contributed by atoms with E-state index in [1.807, 2.05) is 13.8 Å². The van der Waals surface area contributed by atoms with Gasteiger partial charge in [-0.15, -0.1) is 0 Å². The maximum atomic E-state index is 13.4. The molecule has 1 aliphatic heterocycles. The van der Waals surface area contributed by atoms with E-state index in [4.69, 9.17) is 5.73 Å². The molecule has 30 heavy (non-hydrogen) atoms. The summed E-state index contributed by atoms with van der Waals surface area (Å²) in [5, 5.41) is 6.65. The van der Waals surface area contributed by atoms with Crippen molar-refractivity contribution >= 4 is 28.3 Å². The van der Waals surface area contributed by atoms with Crippen molar-refractivity contribution in [3.8, 4) is 0 Å². The molecule has 1 heterocycles. The Morgan fingerprint density at radius 2 is 1.67 bits per heavy atom. The molecular weight excluding hydrogens is 374 g/mol. The van der Waals surface area contributed by atoms with Crippen molar-refractivity contribution in [1.29, 1.82) is 0 Å². The van der Waals surface area contributed by atoms with Gasteiger partial charge in [-0.25, -0.2) is 5.01 Å². The largest absolute Gasteiger partial charge is 0.369 e.